The van der Waals surface area contributed by atoms with E-state index in [-0.39, 0.29) is 11.8 Å². The molecular weight excluding hydrogens is 238 g/mol. The summed E-state index contributed by atoms with van der Waals surface area (Å²) in [5, 5.41) is 3.09. The molecule has 16 heavy (non-hydrogen) atoms. The summed E-state index contributed by atoms with van der Waals surface area (Å²) in [7, 11) is -2.37. The van der Waals surface area contributed by atoms with Crippen LogP contribution in [-0.2, 0) is 10.0 Å². The lowest BCUT2D eigenvalue weighted by Crippen LogP contribution is -2.44. The van der Waals surface area contributed by atoms with Crippen LogP contribution in [0, 0.1) is 0 Å². The van der Waals surface area contributed by atoms with Crippen molar-refractivity contribution >= 4 is 10.0 Å². The second-order valence-electron chi connectivity index (χ2n) is 4.10. The van der Waals surface area contributed by atoms with Gasteiger partial charge in [-0.05, 0) is 19.4 Å². The van der Waals surface area contributed by atoms with Crippen molar-refractivity contribution in [3.05, 3.63) is 0 Å². The number of sulfonamides is 1. The number of piperidine rings is 1. The van der Waals surface area contributed by atoms with Crippen molar-refractivity contribution < 1.29 is 17.2 Å². The number of nitrogens with zero attached hydrogens (tertiary/aromatic N) is 1. The van der Waals surface area contributed by atoms with E-state index < -0.39 is 23.0 Å². The number of rotatable bonds is 5. The molecule has 1 heterocycles. The first kappa shape index (κ1) is 13.8. The van der Waals surface area contributed by atoms with E-state index in [4.69, 9.17) is 0 Å². The third kappa shape index (κ3) is 4.31. The van der Waals surface area contributed by atoms with Gasteiger partial charge in [-0.2, -0.15) is 4.31 Å². The predicted molar refractivity (Wildman–Crippen MR) is 58.1 cm³/mol. The van der Waals surface area contributed by atoms with Crippen LogP contribution in [-0.4, -0.2) is 51.1 Å². The van der Waals surface area contributed by atoms with Crippen LogP contribution in [0.25, 0.3) is 0 Å². The first-order chi connectivity index (χ1) is 7.42. The Labute approximate surface area is 95.1 Å². The molecule has 0 bridgehead atoms. The third-order valence-electron chi connectivity index (χ3n) is 2.69. The summed E-state index contributed by atoms with van der Waals surface area (Å²) >= 11 is 0. The minimum Gasteiger partial charge on any atom is -0.313 e. The van der Waals surface area contributed by atoms with Gasteiger partial charge in [0, 0.05) is 13.1 Å². The zero-order valence-corrected chi connectivity index (χ0v) is 10.1. The van der Waals surface area contributed by atoms with Crippen molar-refractivity contribution in [2.24, 2.45) is 0 Å². The fraction of sp³-hybridized carbons (Fsp3) is 1.00. The highest BCUT2D eigenvalue weighted by Gasteiger charge is 2.26. The van der Waals surface area contributed by atoms with Crippen LogP contribution in [0.3, 0.4) is 0 Å². The molecule has 96 valence electrons. The van der Waals surface area contributed by atoms with Gasteiger partial charge in [-0.1, -0.05) is 6.42 Å². The predicted octanol–water partition coefficient (Wildman–Crippen LogP) is 0.655. The van der Waals surface area contributed by atoms with Crippen molar-refractivity contribution in [1.82, 2.24) is 9.62 Å². The van der Waals surface area contributed by atoms with E-state index >= 15 is 0 Å². The first-order valence-electron chi connectivity index (χ1n) is 5.37. The largest absolute Gasteiger partial charge is 0.313 e. The Morgan fingerprint density at radius 2 is 2.12 bits per heavy atom. The standard InChI is InChI=1S/C9H18F2N2O2S/c1-13(6-9(10)11)16(14,15)7-8-4-2-3-5-12-8/h8-9,12H,2-7H2,1H3. The van der Waals surface area contributed by atoms with Crippen molar-refractivity contribution in [3.8, 4) is 0 Å². The number of nitrogens with one attached hydrogen (secondary N) is 1. The normalized spacial score (nSPS) is 22.9. The number of hydrogen-bond acceptors (Lipinski definition) is 3. The third-order valence-corrected chi connectivity index (χ3v) is 4.62. The highest BCUT2D eigenvalue weighted by Crippen LogP contribution is 2.11. The Morgan fingerprint density at radius 1 is 1.44 bits per heavy atom. The van der Waals surface area contributed by atoms with Gasteiger partial charge in [0.1, 0.15) is 0 Å². The summed E-state index contributed by atoms with van der Waals surface area (Å²) in [5.74, 6) is -0.0871. The van der Waals surface area contributed by atoms with E-state index in [9.17, 15) is 17.2 Å². The topological polar surface area (TPSA) is 49.4 Å². The lowest BCUT2D eigenvalue weighted by atomic mass is 10.1. The molecule has 0 radical (unpaired) electrons. The Kier molecular flexibility index (Phi) is 5.07. The van der Waals surface area contributed by atoms with Gasteiger partial charge in [0.15, 0.2) is 0 Å². The molecule has 1 saturated heterocycles. The molecule has 1 unspecified atom stereocenters. The summed E-state index contributed by atoms with van der Waals surface area (Å²) in [6, 6.07) is -0.0983. The lowest BCUT2D eigenvalue weighted by Gasteiger charge is -2.25. The van der Waals surface area contributed by atoms with E-state index in [0.717, 1.165) is 30.1 Å². The average Bonchev–Trinajstić information content (AvgIpc) is 2.17. The van der Waals surface area contributed by atoms with Crippen LogP contribution in [0.1, 0.15) is 19.3 Å². The number of hydrogen-bond donors (Lipinski definition) is 1. The van der Waals surface area contributed by atoms with Gasteiger partial charge in [0.25, 0.3) is 6.43 Å². The van der Waals surface area contributed by atoms with E-state index in [1.807, 2.05) is 0 Å². The number of alkyl halides is 2. The van der Waals surface area contributed by atoms with Crippen LogP contribution < -0.4 is 5.32 Å². The Hall–Kier alpha value is -0.270. The molecule has 1 aliphatic heterocycles. The maximum atomic E-state index is 12.1. The molecule has 0 aromatic rings. The second-order valence-corrected chi connectivity index (χ2v) is 6.22. The molecule has 0 aliphatic carbocycles. The van der Waals surface area contributed by atoms with Crippen LogP contribution in [0.2, 0.25) is 0 Å². The highest BCUT2D eigenvalue weighted by atomic mass is 32.2. The molecule has 1 rings (SSSR count). The molecule has 1 atom stereocenters. The number of halogens is 2. The van der Waals surface area contributed by atoms with Crippen molar-refractivity contribution in [1.29, 1.82) is 0 Å². The summed E-state index contributed by atoms with van der Waals surface area (Å²) in [4.78, 5) is 0. The van der Waals surface area contributed by atoms with Gasteiger partial charge in [-0.3, -0.25) is 0 Å². The molecule has 0 saturated carbocycles. The minimum absolute atomic E-state index is 0.0871. The zero-order chi connectivity index (χ0) is 12.2. The van der Waals surface area contributed by atoms with Crippen LogP contribution in [0.4, 0.5) is 8.78 Å². The fourth-order valence-electron chi connectivity index (χ4n) is 1.76. The molecule has 0 aromatic carbocycles. The Balaban J connectivity index is 2.49. The maximum absolute atomic E-state index is 12.1. The highest BCUT2D eigenvalue weighted by molar-refractivity contribution is 7.89. The van der Waals surface area contributed by atoms with E-state index in [2.05, 4.69) is 5.32 Å². The van der Waals surface area contributed by atoms with E-state index in [0.29, 0.717) is 0 Å². The van der Waals surface area contributed by atoms with Gasteiger partial charge < -0.3 is 5.32 Å². The van der Waals surface area contributed by atoms with Crippen molar-refractivity contribution in [3.63, 3.8) is 0 Å². The van der Waals surface area contributed by atoms with Crippen LogP contribution >= 0.6 is 0 Å². The van der Waals surface area contributed by atoms with Gasteiger partial charge in [-0.15, -0.1) is 0 Å². The van der Waals surface area contributed by atoms with Gasteiger partial charge in [0.05, 0.1) is 12.3 Å². The fourth-order valence-corrected chi connectivity index (χ4v) is 3.14. The molecule has 4 nitrogen and oxygen atoms in total. The molecular formula is C9H18F2N2O2S. The monoisotopic (exact) mass is 256 g/mol. The second kappa shape index (κ2) is 5.88. The molecule has 0 spiro atoms. The van der Waals surface area contributed by atoms with Gasteiger partial charge in [0.2, 0.25) is 10.0 Å². The molecule has 0 aromatic heterocycles. The maximum Gasteiger partial charge on any atom is 0.252 e. The summed E-state index contributed by atoms with van der Waals surface area (Å²) in [5.41, 5.74) is 0. The van der Waals surface area contributed by atoms with Crippen molar-refractivity contribution in [2.45, 2.75) is 31.7 Å². The lowest BCUT2D eigenvalue weighted by molar-refractivity contribution is 0.126. The molecule has 1 fully saturated rings. The quantitative estimate of drug-likeness (QED) is 0.786. The van der Waals surface area contributed by atoms with E-state index in [1.54, 1.807) is 0 Å². The molecule has 0 amide bonds. The molecule has 1 aliphatic rings. The van der Waals surface area contributed by atoms with Gasteiger partial charge in [-0.25, -0.2) is 17.2 Å². The smallest absolute Gasteiger partial charge is 0.252 e. The minimum atomic E-state index is -3.56. The zero-order valence-electron chi connectivity index (χ0n) is 9.33. The van der Waals surface area contributed by atoms with Crippen LogP contribution in [0.15, 0.2) is 0 Å². The Bertz CT molecular complexity index is 303. The average molecular weight is 256 g/mol. The molecule has 1 N–H and O–H groups in total. The van der Waals surface area contributed by atoms with Crippen molar-refractivity contribution in [2.75, 3.05) is 25.9 Å². The SMILES string of the molecule is CN(CC(F)F)S(=O)(=O)CC1CCCCN1. The van der Waals surface area contributed by atoms with Gasteiger partial charge >= 0.3 is 0 Å². The molecule has 7 heteroatoms. The van der Waals surface area contributed by atoms with E-state index in [1.165, 1.54) is 7.05 Å². The summed E-state index contributed by atoms with van der Waals surface area (Å²) < 4.78 is 48.3. The summed E-state index contributed by atoms with van der Waals surface area (Å²) in [6.45, 7) is 0.0772. The summed E-state index contributed by atoms with van der Waals surface area (Å²) in [6.07, 6.45) is 0.204. The Morgan fingerprint density at radius 3 is 2.62 bits per heavy atom. The van der Waals surface area contributed by atoms with Crippen LogP contribution in [0.5, 0.6) is 0 Å². The first-order valence-corrected chi connectivity index (χ1v) is 6.98.